The van der Waals surface area contributed by atoms with Gasteiger partial charge >= 0.3 is 0 Å². The summed E-state index contributed by atoms with van der Waals surface area (Å²) in [4.78, 5) is 4.31. The van der Waals surface area contributed by atoms with E-state index in [9.17, 15) is 0 Å². The molecule has 0 radical (unpaired) electrons. The molecule has 0 aliphatic heterocycles. The minimum absolute atomic E-state index is 0.0267. The van der Waals surface area contributed by atoms with Crippen molar-refractivity contribution in [2.75, 3.05) is 20.8 Å². The van der Waals surface area contributed by atoms with Gasteiger partial charge in [0.25, 0.3) is 0 Å². The Kier molecular flexibility index (Phi) is 5.52. The van der Waals surface area contributed by atoms with Gasteiger partial charge in [-0.15, -0.1) is 0 Å². The Bertz CT molecular complexity index is 334. The Balaban J connectivity index is 2.70. The molecule has 1 rings (SSSR count). The number of pyridine rings is 1. The molecule has 0 fully saturated rings. The van der Waals surface area contributed by atoms with Crippen molar-refractivity contribution in [1.29, 1.82) is 0 Å². The van der Waals surface area contributed by atoms with Gasteiger partial charge in [0.1, 0.15) is 6.10 Å². The van der Waals surface area contributed by atoms with Crippen LogP contribution in [-0.4, -0.2) is 31.9 Å². The summed E-state index contributed by atoms with van der Waals surface area (Å²) in [5.74, 6) is 0.569. The summed E-state index contributed by atoms with van der Waals surface area (Å²) >= 11 is 5.99. The highest BCUT2D eigenvalue weighted by Crippen LogP contribution is 2.18. The van der Waals surface area contributed by atoms with E-state index in [1.54, 1.807) is 19.2 Å². The lowest BCUT2D eigenvalue weighted by Gasteiger charge is -2.13. The second-order valence-electron chi connectivity index (χ2n) is 3.49. The lowest BCUT2D eigenvalue weighted by molar-refractivity contribution is 0.0888. The van der Waals surface area contributed by atoms with Gasteiger partial charge in [0.2, 0.25) is 5.88 Å². The number of aromatic nitrogens is 1. The topological polar surface area (TPSA) is 43.4 Å². The number of ether oxygens (including phenoxy) is 2. The van der Waals surface area contributed by atoms with Crippen molar-refractivity contribution in [2.45, 2.75) is 19.6 Å². The molecule has 1 N–H and O–H groups in total. The lowest BCUT2D eigenvalue weighted by Crippen LogP contribution is -2.19. The first-order chi connectivity index (χ1) is 7.67. The van der Waals surface area contributed by atoms with E-state index in [2.05, 4.69) is 10.3 Å². The smallest absolute Gasteiger partial charge is 0.213 e. The van der Waals surface area contributed by atoms with Crippen LogP contribution in [0.15, 0.2) is 12.1 Å². The largest absolute Gasteiger partial charge is 0.472 e. The van der Waals surface area contributed by atoms with Crippen molar-refractivity contribution in [3.63, 3.8) is 0 Å². The molecule has 0 spiro atoms. The first-order valence-corrected chi connectivity index (χ1v) is 5.50. The number of methoxy groups -OCH3 is 1. The van der Waals surface area contributed by atoms with Crippen LogP contribution in [0.25, 0.3) is 0 Å². The Morgan fingerprint density at radius 3 is 2.88 bits per heavy atom. The fraction of sp³-hybridized carbons (Fsp3) is 0.545. The number of nitrogens with zero attached hydrogens (tertiary/aromatic N) is 1. The minimum atomic E-state index is -0.0267. The van der Waals surface area contributed by atoms with Crippen LogP contribution in [0.1, 0.15) is 12.6 Å². The van der Waals surface area contributed by atoms with E-state index in [1.165, 1.54) is 0 Å². The van der Waals surface area contributed by atoms with Crippen molar-refractivity contribution in [3.8, 4) is 5.88 Å². The van der Waals surface area contributed by atoms with E-state index in [-0.39, 0.29) is 6.10 Å². The zero-order valence-corrected chi connectivity index (χ0v) is 10.5. The van der Waals surface area contributed by atoms with Crippen LogP contribution in [0.3, 0.4) is 0 Å². The standard InChI is InChI=1S/C11H17ClN2O2/c1-8(7-15-3)16-11-5-4-9(12)10(14-11)6-13-2/h4-5,8,13H,6-7H2,1-3H3. The Hall–Kier alpha value is -0.840. The van der Waals surface area contributed by atoms with Gasteiger partial charge in [-0.05, 0) is 20.0 Å². The summed E-state index contributed by atoms with van der Waals surface area (Å²) in [5.41, 5.74) is 0.784. The number of nitrogens with one attached hydrogen (secondary N) is 1. The number of rotatable bonds is 6. The molecule has 1 unspecified atom stereocenters. The first kappa shape index (κ1) is 13.2. The van der Waals surface area contributed by atoms with Crippen LogP contribution in [0.5, 0.6) is 5.88 Å². The summed E-state index contributed by atoms with van der Waals surface area (Å²) in [6.07, 6.45) is -0.0267. The van der Waals surface area contributed by atoms with E-state index in [0.717, 1.165) is 5.69 Å². The maximum atomic E-state index is 5.99. The molecule has 1 aromatic heterocycles. The predicted molar refractivity (Wildman–Crippen MR) is 64.0 cm³/mol. The molecule has 5 heteroatoms. The summed E-state index contributed by atoms with van der Waals surface area (Å²) in [6.45, 7) is 3.08. The quantitative estimate of drug-likeness (QED) is 0.830. The number of hydrogen-bond acceptors (Lipinski definition) is 4. The zero-order valence-electron chi connectivity index (χ0n) is 9.79. The third-order valence-corrected chi connectivity index (χ3v) is 2.30. The molecular formula is C11H17ClN2O2. The highest BCUT2D eigenvalue weighted by atomic mass is 35.5. The van der Waals surface area contributed by atoms with Gasteiger partial charge in [-0.2, -0.15) is 0 Å². The fourth-order valence-electron chi connectivity index (χ4n) is 1.30. The molecule has 1 aromatic rings. The Morgan fingerprint density at radius 1 is 1.50 bits per heavy atom. The maximum absolute atomic E-state index is 5.99. The van der Waals surface area contributed by atoms with Gasteiger partial charge < -0.3 is 14.8 Å². The Morgan fingerprint density at radius 2 is 2.25 bits per heavy atom. The normalized spacial score (nSPS) is 12.5. The lowest BCUT2D eigenvalue weighted by atomic mass is 10.3. The molecule has 90 valence electrons. The van der Waals surface area contributed by atoms with E-state index in [0.29, 0.717) is 24.1 Å². The van der Waals surface area contributed by atoms with Crippen molar-refractivity contribution >= 4 is 11.6 Å². The number of halogens is 1. The van der Waals surface area contributed by atoms with E-state index < -0.39 is 0 Å². The predicted octanol–water partition coefficient (Wildman–Crippen LogP) is 1.87. The molecule has 1 atom stereocenters. The van der Waals surface area contributed by atoms with Gasteiger partial charge in [0.05, 0.1) is 17.3 Å². The molecule has 0 aliphatic rings. The monoisotopic (exact) mass is 244 g/mol. The van der Waals surface area contributed by atoms with Crippen molar-refractivity contribution in [1.82, 2.24) is 10.3 Å². The third kappa shape index (κ3) is 3.96. The van der Waals surface area contributed by atoms with E-state index >= 15 is 0 Å². The van der Waals surface area contributed by atoms with Gasteiger partial charge in [0.15, 0.2) is 0 Å². The molecule has 16 heavy (non-hydrogen) atoms. The van der Waals surface area contributed by atoms with Crippen LogP contribution in [0.4, 0.5) is 0 Å². The Labute approximate surface area is 101 Å². The second kappa shape index (κ2) is 6.68. The first-order valence-electron chi connectivity index (χ1n) is 5.13. The highest BCUT2D eigenvalue weighted by Gasteiger charge is 2.07. The minimum Gasteiger partial charge on any atom is -0.472 e. The summed E-state index contributed by atoms with van der Waals surface area (Å²) in [7, 11) is 3.49. The van der Waals surface area contributed by atoms with Crippen LogP contribution in [0, 0.1) is 0 Å². The van der Waals surface area contributed by atoms with Gasteiger partial charge in [-0.25, -0.2) is 4.98 Å². The molecule has 0 saturated carbocycles. The van der Waals surface area contributed by atoms with Crippen molar-refractivity contribution in [2.24, 2.45) is 0 Å². The second-order valence-corrected chi connectivity index (χ2v) is 3.90. The van der Waals surface area contributed by atoms with Crippen LogP contribution < -0.4 is 10.1 Å². The fourth-order valence-corrected chi connectivity index (χ4v) is 1.47. The maximum Gasteiger partial charge on any atom is 0.213 e. The van der Waals surface area contributed by atoms with Crippen molar-refractivity contribution in [3.05, 3.63) is 22.8 Å². The van der Waals surface area contributed by atoms with Crippen LogP contribution >= 0.6 is 11.6 Å². The molecule has 0 aliphatic carbocycles. The van der Waals surface area contributed by atoms with Gasteiger partial charge in [0, 0.05) is 19.7 Å². The molecular weight excluding hydrogens is 228 g/mol. The summed E-state index contributed by atoms with van der Waals surface area (Å²) < 4.78 is 10.6. The highest BCUT2D eigenvalue weighted by molar-refractivity contribution is 6.31. The van der Waals surface area contributed by atoms with Crippen molar-refractivity contribution < 1.29 is 9.47 Å². The van der Waals surface area contributed by atoms with Gasteiger partial charge in [-0.3, -0.25) is 0 Å². The molecule has 0 amide bonds. The van der Waals surface area contributed by atoms with Crippen LogP contribution in [0.2, 0.25) is 5.02 Å². The molecule has 0 bridgehead atoms. The summed E-state index contributed by atoms with van der Waals surface area (Å²) in [5, 5.41) is 3.64. The average Bonchev–Trinajstić information content (AvgIpc) is 2.24. The third-order valence-electron chi connectivity index (χ3n) is 1.96. The zero-order chi connectivity index (χ0) is 12.0. The van der Waals surface area contributed by atoms with E-state index in [4.69, 9.17) is 21.1 Å². The molecule has 0 saturated heterocycles. The van der Waals surface area contributed by atoms with Gasteiger partial charge in [-0.1, -0.05) is 11.6 Å². The molecule has 0 aromatic carbocycles. The molecule has 4 nitrogen and oxygen atoms in total. The van der Waals surface area contributed by atoms with Crippen LogP contribution in [-0.2, 0) is 11.3 Å². The average molecular weight is 245 g/mol. The van der Waals surface area contributed by atoms with E-state index in [1.807, 2.05) is 14.0 Å². The molecule has 1 heterocycles. The SMILES string of the molecule is CNCc1nc(OC(C)COC)ccc1Cl. The number of hydrogen-bond donors (Lipinski definition) is 1. The summed E-state index contributed by atoms with van der Waals surface area (Å²) in [6, 6.07) is 3.55.